The zero-order valence-electron chi connectivity index (χ0n) is 60.0. The van der Waals surface area contributed by atoms with Crippen LogP contribution in [0.1, 0.15) is 271 Å². The monoisotopic (exact) mass is 1430 g/mol. The van der Waals surface area contributed by atoms with E-state index in [1.165, 1.54) is 166 Å². The molecule has 0 aromatic heterocycles. The van der Waals surface area contributed by atoms with E-state index in [4.69, 9.17) is 42.2 Å². The first-order valence-electron chi connectivity index (χ1n) is 38.0. The van der Waals surface area contributed by atoms with Crippen LogP contribution in [0.3, 0.4) is 0 Å². The topological polar surface area (TPSA) is 374 Å². The summed E-state index contributed by atoms with van der Waals surface area (Å²) in [5, 5.41) is 110. The van der Waals surface area contributed by atoms with Crippen molar-refractivity contribution in [2.45, 2.75) is 375 Å². The van der Waals surface area contributed by atoms with E-state index in [1.54, 1.807) is 12.2 Å². The number of phosphoric ester groups is 1. The number of aliphatic hydroxyl groups excluding tert-OH is 10. The van der Waals surface area contributed by atoms with Gasteiger partial charge in [0.05, 0.1) is 13.2 Å². The Labute approximate surface area is 590 Å². The zero-order chi connectivity index (χ0) is 72.5. The molecule has 0 amide bonds. The van der Waals surface area contributed by atoms with Crippen molar-refractivity contribution in [3.63, 3.8) is 0 Å². The van der Waals surface area contributed by atoms with Crippen molar-refractivity contribution in [1.29, 1.82) is 0 Å². The number of ether oxygens (including phenoxy) is 7. The van der Waals surface area contributed by atoms with Crippen molar-refractivity contribution in [2.24, 2.45) is 0 Å². The van der Waals surface area contributed by atoms with Gasteiger partial charge in [0.25, 0.3) is 0 Å². The number of hydrogen-bond donors (Lipinski definition) is 11. The molecule has 3 fully saturated rings. The highest BCUT2D eigenvalue weighted by Gasteiger charge is 2.58. The molecule has 18 unspecified atom stereocenters. The van der Waals surface area contributed by atoms with Gasteiger partial charge in [0, 0.05) is 18.6 Å². The van der Waals surface area contributed by atoms with E-state index in [0.29, 0.717) is 6.42 Å². The lowest BCUT2D eigenvalue weighted by Gasteiger charge is -2.49. The standard InChI is InChI=1S/C74H131O24P/c1-4-7-10-13-16-19-22-25-28-31-34-36-39-42-45-48-58(76)90-52-55(93-60(78)50-47-44-41-38-35-32-29-26-23-20-17-14-11-8-5-2)53-92-99(88,89)98-72-70(96-73-68(86)63(81)61(79)56(51-75)94-73)66(84)65(83)67(85)71(72)97-74-69(87)64(82)62(80)57(95-74)54-91-59(77)49-46-43-40-37-33-30-27-24-21-18-15-12-9-6-3/h39,41-42,44-45,47-48,50,55-57,61-75,79-87H,4-38,40,43,46,49,51-54H2,1-3H3,(H,88,89)/b42-39+,44-41+,48-45+,50-47+. The molecular weight excluding hydrogens is 1300 g/mol. The van der Waals surface area contributed by atoms with Gasteiger partial charge < -0.3 is 89.1 Å². The molecule has 0 spiro atoms. The maximum Gasteiger partial charge on any atom is 0.472 e. The van der Waals surface area contributed by atoms with Gasteiger partial charge in [0.2, 0.25) is 0 Å². The summed E-state index contributed by atoms with van der Waals surface area (Å²) in [7, 11) is -5.74. The number of aliphatic hydroxyl groups is 10. The predicted molar refractivity (Wildman–Crippen MR) is 374 cm³/mol. The van der Waals surface area contributed by atoms with Gasteiger partial charge >= 0.3 is 25.7 Å². The Bertz CT molecular complexity index is 2240. The molecule has 0 aromatic rings. The molecule has 11 N–H and O–H groups in total. The van der Waals surface area contributed by atoms with Gasteiger partial charge in [-0.25, -0.2) is 14.2 Å². The van der Waals surface area contributed by atoms with Crippen LogP contribution in [0.5, 0.6) is 0 Å². The van der Waals surface area contributed by atoms with Gasteiger partial charge in [-0.2, -0.15) is 0 Å². The van der Waals surface area contributed by atoms with Crippen LogP contribution in [-0.4, -0.2) is 204 Å². The van der Waals surface area contributed by atoms with Crippen molar-refractivity contribution < 1.29 is 117 Å². The minimum Gasteiger partial charge on any atom is -0.463 e. The highest BCUT2D eigenvalue weighted by molar-refractivity contribution is 7.47. The molecule has 99 heavy (non-hydrogen) atoms. The number of hydrogen-bond acceptors (Lipinski definition) is 23. The molecule has 3 rings (SSSR count). The summed E-state index contributed by atoms with van der Waals surface area (Å²) in [5.41, 5.74) is 0. The molecule has 2 heterocycles. The smallest absolute Gasteiger partial charge is 0.463 e. The average molecular weight is 1440 g/mol. The third kappa shape index (κ3) is 38.5. The van der Waals surface area contributed by atoms with Gasteiger partial charge in [-0.05, 0) is 32.1 Å². The van der Waals surface area contributed by atoms with Gasteiger partial charge in [-0.3, -0.25) is 13.8 Å². The predicted octanol–water partition coefficient (Wildman–Crippen LogP) is 10.5. The molecule has 0 bridgehead atoms. The molecule has 576 valence electrons. The van der Waals surface area contributed by atoms with Crippen LogP contribution in [0.25, 0.3) is 0 Å². The van der Waals surface area contributed by atoms with E-state index in [0.717, 1.165) is 95.6 Å². The Morgan fingerprint density at radius 2 is 0.778 bits per heavy atom. The second-order valence-corrected chi connectivity index (χ2v) is 28.6. The Balaban J connectivity index is 1.77. The largest absolute Gasteiger partial charge is 0.472 e. The van der Waals surface area contributed by atoms with Crippen LogP contribution in [0.2, 0.25) is 0 Å². The summed E-state index contributed by atoms with van der Waals surface area (Å²) in [5.74, 6) is -2.50. The van der Waals surface area contributed by atoms with Crippen LogP contribution in [-0.2, 0) is 61.2 Å². The van der Waals surface area contributed by atoms with Gasteiger partial charge in [-0.1, -0.05) is 269 Å². The fourth-order valence-corrected chi connectivity index (χ4v) is 13.3. The Kier molecular flexibility index (Phi) is 50.5. The summed E-state index contributed by atoms with van der Waals surface area (Å²) >= 11 is 0. The molecule has 18 atom stereocenters. The second kappa shape index (κ2) is 55.4. The summed E-state index contributed by atoms with van der Waals surface area (Å²) in [4.78, 5) is 50.7. The summed E-state index contributed by atoms with van der Waals surface area (Å²) in [6.07, 6.45) is 20.3. The summed E-state index contributed by atoms with van der Waals surface area (Å²) in [6.45, 7) is 3.22. The first-order chi connectivity index (χ1) is 47.8. The summed E-state index contributed by atoms with van der Waals surface area (Å²) < 4.78 is 64.6. The van der Waals surface area contributed by atoms with E-state index < -0.39 is 156 Å². The van der Waals surface area contributed by atoms with E-state index in [1.807, 2.05) is 12.2 Å². The fraction of sp³-hybridized carbons (Fsp3) is 0.851. The summed E-state index contributed by atoms with van der Waals surface area (Å²) in [6, 6.07) is 0. The maximum atomic E-state index is 14.3. The molecule has 1 aliphatic carbocycles. The van der Waals surface area contributed by atoms with Crippen molar-refractivity contribution >= 4 is 25.7 Å². The normalized spacial score (nSPS) is 27.7. The van der Waals surface area contributed by atoms with Crippen molar-refractivity contribution in [2.75, 3.05) is 26.4 Å². The van der Waals surface area contributed by atoms with Crippen molar-refractivity contribution in [3.05, 3.63) is 48.6 Å². The molecule has 25 heteroatoms. The molecule has 1 saturated carbocycles. The first kappa shape index (κ1) is 90.1. The van der Waals surface area contributed by atoms with E-state index in [2.05, 4.69) is 20.8 Å². The molecule has 3 aliphatic rings. The Hall–Kier alpha value is -3.08. The number of phosphoric acid groups is 1. The van der Waals surface area contributed by atoms with Gasteiger partial charge in [-0.15, -0.1) is 0 Å². The molecule has 0 radical (unpaired) electrons. The lowest BCUT2D eigenvalue weighted by molar-refractivity contribution is -0.360. The van der Waals surface area contributed by atoms with E-state index in [-0.39, 0.29) is 6.42 Å². The van der Waals surface area contributed by atoms with Gasteiger partial charge in [0.15, 0.2) is 18.7 Å². The minimum absolute atomic E-state index is 0.0237. The molecule has 2 saturated heterocycles. The first-order valence-corrected chi connectivity index (χ1v) is 39.5. The van der Waals surface area contributed by atoms with Crippen LogP contribution in [0.15, 0.2) is 48.6 Å². The fourth-order valence-electron chi connectivity index (χ4n) is 12.3. The lowest BCUT2D eigenvalue weighted by Crippen LogP contribution is -2.69. The number of esters is 3. The number of carbonyl (C=O) groups excluding carboxylic acids is 3. The third-order valence-corrected chi connectivity index (χ3v) is 19.5. The van der Waals surface area contributed by atoms with Gasteiger partial charge in [0.1, 0.15) is 98.7 Å². The molecule has 0 aromatic carbocycles. The van der Waals surface area contributed by atoms with Crippen LogP contribution >= 0.6 is 7.82 Å². The highest BCUT2D eigenvalue weighted by Crippen LogP contribution is 2.49. The molecule has 2 aliphatic heterocycles. The van der Waals surface area contributed by atoms with Crippen LogP contribution in [0, 0.1) is 0 Å². The molecular formula is C74H131O24P. The highest BCUT2D eigenvalue weighted by atomic mass is 31.2. The number of unbranched alkanes of at least 4 members (excludes halogenated alkanes) is 35. The second-order valence-electron chi connectivity index (χ2n) is 27.2. The average Bonchev–Trinajstić information content (AvgIpc) is 0.763. The molecule has 24 nitrogen and oxygen atoms in total. The van der Waals surface area contributed by atoms with Crippen LogP contribution in [0.4, 0.5) is 0 Å². The maximum absolute atomic E-state index is 14.3. The Morgan fingerprint density at radius 3 is 1.19 bits per heavy atom. The SMILES string of the molecule is CCCCCCCCCCCCC/C=C/C=C/C(=O)OCC(COP(=O)(O)OC1C(OC2OC(CO)C(O)C(O)C2O)C(O)C(O)C(O)C1OC1OC(COC(=O)CCCCCCCCCCCCCCCC)C(O)C(O)C1O)OC(=O)/C=C/C=C/CCCCCCCCCCCCC. The number of allylic oxidation sites excluding steroid dienone is 6. The van der Waals surface area contributed by atoms with E-state index in [9.17, 15) is 74.9 Å². The zero-order valence-corrected chi connectivity index (χ0v) is 60.9. The Morgan fingerprint density at radius 1 is 0.414 bits per heavy atom. The lowest BCUT2D eigenvalue weighted by atomic mass is 9.84. The van der Waals surface area contributed by atoms with Crippen LogP contribution < -0.4 is 0 Å². The number of carbonyl (C=O) groups is 3. The third-order valence-electron chi connectivity index (χ3n) is 18.5. The minimum atomic E-state index is -5.74. The quantitative estimate of drug-likeness (QED) is 0.00673. The van der Waals surface area contributed by atoms with Crippen molar-refractivity contribution in [3.8, 4) is 0 Å². The number of rotatable bonds is 58. The van der Waals surface area contributed by atoms with E-state index >= 15 is 0 Å². The van der Waals surface area contributed by atoms with Crippen molar-refractivity contribution in [1.82, 2.24) is 0 Å².